The number of nitrogens with zero attached hydrogens (tertiary/aromatic N) is 3. The first-order valence-electron chi connectivity index (χ1n) is 8.98. The van der Waals surface area contributed by atoms with Crippen LogP contribution in [0.5, 0.6) is 0 Å². The van der Waals surface area contributed by atoms with Crippen LogP contribution in [-0.4, -0.2) is 22.0 Å². The van der Waals surface area contributed by atoms with Gasteiger partial charge in [0.25, 0.3) is 5.56 Å². The van der Waals surface area contributed by atoms with Crippen LogP contribution in [0, 0.1) is 6.92 Å². The van der Waals surface area contributed by atoms with Crippen LogP contribution in [0.3, 0.4) is 0 Å². The number of aryl methyl sites for hydroxylation is 3. The second kappa shape index (κ2) is 6.75. The van der Waals surface area contributed by atoms with Crippen molar-refractivity contribution < 1.29 is 4.79 Å². The summed E-state index contributed by atoms with van der Waals surface area (Å²) in [5.41, 5.74) is 3.99. The van der Waals surface area contributed by atoms with Crippen molar-refractivity contribution in [1.82, 2.24) is 9.55 Å². The van der Waals surface area contributed by atoms with Crippen LogP contribution >= 0.6 is 0 Å². The summed E-state index contributed by atoms with van der Waals surface area (Å²) < 4.78 is 1.53. The van der Waals surface area contributed by atoms with Gasteiger partial charge in [-0.2, -0.15) is 0 Å². The zero-order valence-electron chi connectivity index (χ0n) is 14.8. The number of carbonyl (C=O) groups excluding carboxylic acids is 1. The molecule has 2 heterocycles. The molecule has 0 radical (unpaired) electrons. The lowest BCUT2D eigenvalue weighted by molar-refractivity contribution is -0.118. The number of hydrogen-bond acceptors (Lipinski definition) is 3. The van der Waals surface area contributed by atoms with Gasteiger partial charge in [0.1, 0.15) is 0 Å². The summed E-state index contributed by atoms with van der Waals surface area (Å²) in [7, 11) is 0. The number of amides is 1. The van der Waals surface area contributed by atoms with Crippen LogP contribution in [0.15, 0.2) is 53.6 Å². The molecule has 1 aliphatic heterocycles. The van der Waals surface area contributed by atoms with Gasteiger partial charge in [-0.15, -0.1) is 0 Å². The fraction of sp³-hybridized carbons (Fsp3) is 0.286. The summed E-state index contributed by atoms with van der Waals surface area (Å²) in [6.45, 7) is 3.12. The van der Waals surface area contributed by atoms with Crippen LogP contribution in [0.2, 0.25) is 0 Å². The van der Waals surface area contributed by atoms with Gasteiger partial charge in [-0.05, 0) is 43.0 Å². The third kappa shape index (κ3) is 2.90. The standard InChI is InChI=1S/C21H21N3O2/c1-15-6-4-7-16-8-5-12-24(20(15)16)19(25)11-13-23-14-22-18-10-3-2-9-17(18)21(23)26/h2-4,6-7,9-10,14H,5,8,11-13H2,1H3. The molecule has 26 heavy (non-hydrogen) atoms. The summed E-state index contributed by atoms with van der Waals surface area (Å²) in [6, 6.07) is 13.5. The average Bonchev–Trinajstić information content (AvgIpc) is 2.67. The Kier molecular flexibility index (Phi) is 4.29. The molecule has 0 bridgehead atoms. The Balaban J connectivity index is 1.56. The van der Waals surface area contributed by atoms with Crippen molar-refractivity contribution in [3.05, 3.63) is 70.3 Å². The Morgan fingerprint density at radius 2 is 2.00 bits per heavy atom. The minimum atomic E-state index is -0.0985. The summed E-state index contributed by atoms with van der Waals surface area (Å²) >= 11 is 0. The number of benzene rings is 2. The quantitative estimate of drug-likeness (QED) is 0.732. The Labute approximate surface area is 151 Å². The van der Waals surface area contributed by atoms with E-state index in [-0.39, 0.29) is 17.9 Å². The van der Waals surface area contributed by atoms with Crippen molar-refractivity contribution in [3.8, 4) is 0 Å². The highest BCUT2D eigenvalue weighted by Gasteiger charge is 2.23. The van der Waals surface area contributed by atoms with E-state index >= 15 is 0 Å². The van der Waals surface area contributed by atoms with Crippen molar-refractivity contribution >= 4 is 22.5 Å². The highest BCUT2D eigenvalue weighted by atomic mass is 16.2. The molecule has 0 N–H and O–H groups in total. The maximum Gasteiger partial charge on any atom is 0.261 e. The molecule has 0 saturated carbocycles. The molecule has 1 aliphatic rings. The molecule has 1 amide bonds. The zero-order chi connectivity index (χ0) is 18.1. The molecule has 132 valence electrons. The van der Waals surface area contributed by atoms with Gasteiger partial charge in [0.05, 0.1) is 17.2 Å². The van der Waals surface area contributed by atoms with Crippen molar-refractivity contribution in [2.24, 2.45) is 0 Å². The molecule has 0 unspecified atom stereocenters. The fourth-order valence-electron chi connectivity index (χ4n) is 3.71. The van der Waals surface area contributed by atoms with Crippen molar-refractivity contribution in [1.29, 1.82) is 0 Å². The van der Waals surface area contributed by atoms with Crippen LogP contribution in [0.25, 0.3) is 10.9 Å². The Morgan fingerprint density at radius 1 is 1.15 bits per heavy atom. The number of anilines is 1. The molecule has 0 aliphatic carbocycles. The van der Waals surface area contributed by atoms with Crippen molar-refractivity contribution in [2.75, 3.05) is 11.4 Å². The lowest BCUT2D eigenvalue weighted by Crippen LogP contribution is -2.37. The number of rotatable bonds is 3. The van der Waals surface area contributed by atoms with E-state index in [4.69, 9.17) is 0 Å². The first-order valence-corrected chi connectivity index (χ1v) is 8.98. The Hall–Kier alpha value is -2.95. The molecule has 4 rings (SSSR count). The topological polar surface area (TPSA) is 55.2 Å². The minimum absolute atomic E-state index is 0.0558. The molecule has 0 fully saturated rings. The predicted octanol–water partition coefficient (Wildman–Crippen LogP) is 3.07. The lowest BCUT2D eigenvalue weighted by atomic mass is 9.98. The molecule has 3 aromatic rings. The zero-order valence-corrected chi connectivity index (χ0v) is 14.8. The largest absolute Gasteiger partial charge is 0.312 e. The van der Waals surface area contributed by atoms with E-state index in [1.165, 1.54) is 16.5 Å². The van der Waals surface area contributed by atoms with Crippen molar-refractivity contribution in [2.45, 2.75) is 32.7 Å². The summed E-state index contributed by atoms with van der Waals surface area (Å²) in [4.78, 5) is 31.6. The maximum absolute atomic E-state index is 12.9. The Morgan fingerprint density at radius 3 is 2.88 bits per heavy atom. The smallest absolute Gasteiger partial charge is 0.261 e. The van der Waals surface area contributed by atoms with Gasteiger partial charge >= 0.3 is 0 Å². The third-order valence-corrected chi connectivity index (χ3v) is 5.02. The first-order chi connectivity index (χ1) is 12.6. The maximum atomic E-state index is 12.9. The van der Waals surface area contributed by atoms with E-state index in [0.29, 0.717) is 17.4 Å². The van der Waals surface area contributed by atoms with Gasteiger partial charge < -0.3 is 4.90 Å². The SMILES string of the molecule is Cc1cccc2c1N(C(=O)CCn1cnc3ccccc3c1=O)CCC2. The molecular weight excluding hydrogens is 326 g/mol. The van der Waals surface area contributed by atoms with Crippen LogP contribution in [0.4, 0.5) is 5.69 Å². The molecule has 0 saturated heterocycles. The summed E-state index contributed by atoms with van der Waals surface area (Å²) in [6.07, 6.45) is 3.80. The van der Waals surface area contributed by atoms with E-state index in [1.807, 2.05) is 42.2 Å². The van der Waals surface area contributed by atoms with Gasteiger partial charge in [0, 0.05) is 25.2 Å². The third-order valence-electron chi connectivity index (χ3n) is 5.02. The van der Waals surface area contributed by atoms with Crippen LogP contribution in [-0.2, 0) is 17.8 Å². The number of fused-ring (bicyclic) bond motifs is 2. The molecule has 0 spiro atoms. The van der Waals surface area contributed by atoms with Gasteiger partial charge in [-0.3, -0.25) is 14.2 Å². The van der Waals surface area contributed by atoms with Gasteiger partial charge in [-0.1, -0.05) is 30.3 Å². The normalized spacial score (nSPS) is 13.7. The molecular formula is C21H21N3O2. The van der Waals surface area contributed by atoms with Gasteiger partial charge in [-0.25, -0.2) is 4.98 Å². The first kappa shape index (κ1) is 16.5. The minimum Gasteiger partial charge on any atom is -0.312 e. The van der Waals surface area contributed by atoms with E-state index in [9.17, 15) is 9.59 Å². The second-order valence-corrected chi connectivity index (χ2v) is 6.74. The number of para-hydroxylation sites is 2. The van der Waals surface area contributed by atoms with Gasteiger partial charge in [0.2, 0.25) is 5.91 Å². The molecule has 1 aromatic heterocycles. The fourth-order valence-corrected chi connectivity index (χ4v) is 3.71. The van der Waals surface area contributed by atoms with E-state index in [2.05, 4.69) is 11.1 Å². The van der Waals surface area contributed by atoms with E-state index in [1.54, 1.807) is 6.07 Å². The van der Waals surface area contributed by atoms with E-state index in [0.717, 1.165) is 30.6 Å². The van der Waals surface area contributed by atoms with Crippen LogP contribution in [0.1, 0.15) is 24.0 Å². The molecule has 5 nitrogen and oxygen atoms in total. The molecule has 0 atom stereocenters. The summed E-state index contributed by atoms with van der Waals surface area (Å²) in [5, 5.41) is 0.585. The number of carbonyl (C=O) groups is 1. The number of hydrogen-bond donors (Lipinski definition) is 0. The molecule has 2 aromatic carbocycles. The predicted molar refractivity (Wildman–Crippen MR) is 102 cm³/mol. The Bertz CT molecular complexity index is 1040. The highest BCUT2D eigenvalue weighted by Crippen LogP contribution is 2.30. The van der Waals surface area contributed by atoms with Gasteiger partial charge in [0.15, 0.2) is 0 Å². The lowest BCUT2D eigenvalue weighted by Gasteiger charge is -2.31. The van der Waals surface area contributed by atoms with Crippen molar-refractivity contribution in [3.63, 3.8) is 0 Å². The highest BCUT2D eigenvalue weighted by molar-refractivity contribution is 5.95. The molecule has 5 heteroatoms. The van der Waals surface area contributed by atoms with E-state index < -0.39 is 0 Å². The number of aromatic nitrogens is 2. The second-order valence-electron chi connectivity index (χ2n) is 6.74. The average molecular weight is 347 g/mol. The van der Waals surface area contributed by atoms with Crippen LogP contribution < -0.4 is 10.5 Å². The monoisotopic (exact) mass is 347 g/mol. The summed E-state index contributed by atoms with van der Waals surface area (Å²) in [5.74, 6) is 0.0558.